The maximum absolute atomic E-state index is 13.2. The van der Waals surface area contributed by atoms with Crippen molar-refractivity contribution in [1.82, 2.24) is 19.6 Å². The fraction of sp³-hybridized carbons (Fsp3) is 0.538. The van der Waals surface area contributed by atoms with Gasteiger partial charge in [-0.2, -0.15) is 5.10 Å². The Labute approximate surface area is 191 Å². The van der Waals surface area contributed by atoms with Crippen LogP contribution in [0, 0.1) is 11.8 Å². The summed E-state index contributed by atoms with van der Waals surface area (Å²) in [5.41, 5.74) is 4.44. The van der Waals surface area contributed by atoms with Crippen molar-refractivity contribution in [2.24, 2.45) is 11.8 Å². The Morgan fingerprint density at radius 3 is 2.78 bits per heavy atom. The summed E-state index contributed by atoms with van der Waals surface area (Å²) >= 11 is 0. The fourth-order valence-corrected chi connectivity index (χ4v) is 4.78. The van der Waals surface area contributed by atoms with Gasteiger partial charge in [0.15, 0.2) is 0 Å². The number of nitrogens with zero attached hydrogens (tertiary/aromatic N) is 4. The van der Waals surface area contributed by atoms with Crippen molar-refractivity contribution in [1.29, 1.82) is 0 Å². The highest BCUT2D eigenvalue weighted by Crippen LogP contribution is 2.32. The van der Waals surface area contributed by atoms with E-state index in [2.05, 4.69) is 41.0 Å². The van der Waals surface area contributed by atoms with Gasteiger partial charge in [-0.25, -0.2) is 4.68 Å². The van der Waals surface area contributed by atoms with Crippen LogP contribution < -0.4 is 4.74 Å². The van der Waals surface area contributed by atoms with Crippen molar-refractivity contribution < 1.29 is 9.53 Å². The van der Waals surface area contributed by atoms with E-state index in [1.165, 1.54) is 17.7 Å². The maximum atomic E-state index is 13.2. The standard InChI is InChI=1S/C26H36N4O2/c1-5-14-28-15-13-23-21(17-28)22(27-30(23)24-11-6-7-12-25(24)32-4)18-29(16-19(2)3)26(31)20-9-8-10-20/h5-7,11-12,19-20H,1,8-10,13-18H2,2-4H3. The number of fused-ring (bicyclic) bond motifs is 1. The number of aromatic nitrogens is 2. The Balaban J connectivity index is 1.72. The predicted molar refractivity (Wildman–Crippen MR) is 127 cm³/mol. The topological polar surface area (TPSA) is 50.6 Å². The molecule has 1 fully saturated rings. The molecule has 6 nitrogen and oxygen atoms in total. The Morgan fingerprint density at radius 2 is 2.12 bits per heavy atom. The van der Waals surface area contributed by atoms with Crippen LogP contribution in [-0.4, -0.2) is 52.2 Å². The first-order chi connectivity index (χ1) is 15.5. The quantitative estimate of drug-likeness (QED) is 0.553. The van der Waals surface area contributed by atoms with Crippen LogP contribution in [0.1, 0.15) is 50.1 Å². The first kappa shape index (κ1) is 22.6. The molecule has 1 aliphatic heterocycles. The predicted octanol–water partition coefficient (Wildman–Crippen LogP) is 4.21. The molecule has 0 atom stereocenters. The summed E-state index contributed by atoms with van der Waals surface area (Å²) in [5, 5.41) is 5.09. The third-order valence-corrected chi connectivity index (χ3v) is 6.61. The van der Waals surface area contributed by atoms with E-state index in [0.29, 0.717) is 18.4 Å². The molecule has 0 radical (unpaired) electrons. The number of hydrogen-bond acceptors (Lipinski definition) is 4. The molecule has 1 amide bonds. The van der Waals surface area contributed by atoms with Gasteiger partial charge < -0.3 is 9.64 Å². The minimum atomic E-state index is 0.193. The minimum absolute atomic E-state index is 0.193. The molecular weight excluding hydrogens is 400 g/mol. The highest BCUT2D eigenvalue weighted by molar-refractivity contribution is 5.79. The molecule has 0 N–H and O–H groups in total. The summed E-state index contributed by atoms with van der Waals surface area (Å²) in [6.45, 7) is 12.3. The van der Waals surface area contributed by atoms with Crippen molar-refractivity contribution in [3.63, 3.8) is 0 Å². The molecule has 0 saturated heterocycles. The van der Waals surface area contributed by atoms with E-state index < -0.39 is 0 Å². The summed E-state index contributed by atoms with van der Waals surface area (Å²) < 4.78 is 7.69. The van der Waals surface area contributed by atoms with Gasteiger partial charge in [0.05, 0.1) is 25.0 Å². The lowest BCUT2D eigenvalue weighted by Gasteiger charge is -2.33. The molecule has 2 aliphatic rings. The van der Waals surface area contributed by atoms with E-state index in [1.807, 2.05) is 24.3 Å². The minimum Gasteiger partial charge on any atom is -0.494 e. The van der Waals surface area contributed by atoms with Crippen molar-refractivity contribution >= 4 is 5.91 Å². The molecule has 4 rings (SSSR count). The number of carbonyl (C=O) groups is 1. The molecule has 2 heterocycles. The molecule has 6 heteroatoms. The lowest BCUT2D eigenvalue weighted by molar-refractivity contribution is -0.139. The van der Waals surface area contributed by atoms with Gasteiger partial charge >= 0.3 is 0 Å². The van der Waals surface area contributed by atoms with Crippen molar-refractivity contribution in [3.05, 3.63) is 53.9 Å². The average molecular weight is 437 g/mol. The highest BCUT2D eigenvalue weighted by atomic mass is 16.5. The fourth-order valence-electron chi connectivity index (χ4n) is 4.78. The second-order valence-electron chi connectivity index (χ2n) is 9.47. The number of benzene rings is 1. The molecule has 2 aromatic rings. The molecule has 32 heavy (non-hydrogen) atoms. The number of amides is 1. The number of para-hydroxylation sites is 2. The van der Waals surface area contributed by atoms with Crippen LogP contribution in [0.2, 0.25) is 0 Å². The Morgan fingerprint density at radius 1 is 1.34 bits per heavy atom. The van der Waals surface area contributed by atoms with Gasteiger partial charge in [-0.1, -0.05) is 38.5 Å². The van der Waals surface area contributed by atoms with Crippen molar-refractivity contribution in [2.45, 2.75) is 52.6 Å². The SMILES string of the molecule is C=CCN1CCc2c(c(CN(CC(C)C)C(=O)C3CCC3)nn2-c2ccccc2OC)C1. The molecule has 1 aromatic carbocycles. The van der Waals surface area contributed by atoms with Crippen LogP contribution in [0.4, 0.5) is 0 Å². The van der Waals surface area contributed by atoms with E-state index in [0.717, 1.165) is 62.6 Å². The lowest BCUT2D eigenvalue weighted by Crippen LogP contribution is -2.41. The lowest BCUT2D eigenvalue weighted by atomic mass is 9.84. The van der Waals surface area contributed by atoms with Gasteiger partial charge in [0.25, 0.3) is 0 Å². The van der Waals surface area contributed by atoms with Gasteiger partial charge in [0, 0.05) is 44.1 Å². The third kappa shape index (κ3) is 4.60. The average Bonchev–Trinajstić information content (AvgIpc) is 3.09. The summed E-state index contributed by atoms with van der Waals surface area (Å²) in [6.07, 6.45) is 6.08. The molecule has 0 bridgehead atoms. The largest absolute Gasteiger partial charge is 0.494 e. The van der Waals surface area contributed by atoms with Crippen LogP contribution >= 0.6 is 0 Å². The van der Waals surface area contributed by atoms with Crippen LogP contribution in [-0.2, 0) is 24.3 Å². The molecule has 0 unspecified atom stereocenters. The molecular formula is C26H36N4O2. The van der Waals surface area contributed by atoms with E-state index in [9.17, 15) is 4.79 Å². The molecule has 1 saturated carbocycles. The van der Waals surface area contributed by atoms with Crippen LogP contribution in [0.5, 0.6) is 5.75 Å². The Hall–Kier alpha value is -2.60. The third-order valence-electron chi connectivity index (χ3n) is 6.61. The zero-order valence-corrected chi connectivity index (χ0v) is 19.7. The summed E-state index contributed by atoms with van der Waals surface area (Å²) in [4.78, 5) is 17.7. The number of methoxy groups -OCH3 is 1. The van der Waals surface area contributed by atoms with Gasteiger partial charge in [-0.15, -0.1) is 6.58 Å². The zero-order chi connectivity index (χ0) is 22.7. The van der Waals surface area contributed by atoms with Gasteiger partial charge in [0.2, 0.25) is 5.91 Å². The smallest absolute Gasteiger partial charge is 0.226 e. The molecule has 1 aliphatic carbocycles. The Bertz CT molecular complexity index is 961. The summed E-state index contributed by atoms with van der Waals surface area (Å²) in [6, 6.07) is 8.02. The Kier molecular flexibility index (Phi) is 6.99. The normalized spacial score (nSPS) is 16.5. The number of rotatable bonds is 9. The second kappa shape index (κ2) is 9.90. The van der Waals surface area contributed by atoms with Crippen molar-refractivity contribution in [3.8, 4) is 11.4 Å². The summed E-state index contributed by atoms with van der Waals surface area (Å²) in [7, 11) is 1.70. The van der Waals surface area contributed by atoms with Gasteiger partial charge in [-0.05, 0) is 30.9 Å². The first-order valence-electron chi connectivity index (χ1n) is 11.9. The number of ether oxygens (including phenoxy) is 1. The highest BCUT2D eigenvalue weighted by Gasteiger charge is 2.32. The van der Waals surface area contributed by atoms with E-state index >= 15 is 0 Å². The summed E-state index contributed by atoms with van der Waals surface area (Å²) in [5.74, 6) is 1.72. The van der Waals surface area contributed by atoms with Crippen LogP contribution in [0.25, 0.3) is 5.69 Å². The van der Waals surface area contributed by atoms with Gasteiger partial charge in [0.1, 0.15) is 11.4 Å². The van der Waals surface area contributed by atoms with E-state index in [-0.39, 0.29) is 5.92 Å². The van der Waals surface area contributed by atoms with E-state index in [1.54, 1.807) is 7.11 Å². The zero-order valence-electron chi connectivity index (χ0n) is 19.7. The first-order valence-corrected chi connectivity index (χ1v) is 11.9. The molecule has 1 aromatic heterocycles. The monoisotopic (exact) mass is 436 g/mol. The number of hydrogen-bond donors (Lipinski definition) is 0. The van der Waals surface area contributed by atoms with Crippen molar-refractivity contribution in [2.75, 3.05) is 26.7 Å². The molecule has 172 valence electrons. The van der Waals surface area contributed by atoms with Crippen LogP contribution in [0.3, 0.4) is 0 Å². The van der Waals surface area contributed by atoms with Gasteiger partial charge in [-0.3, -0.25) is 9.69 Å². The molecule has 0 spiro atoms. The second-order valence-corrected chi connectivity index (χ2v) is 9.47. The maximum Gasteiger partial charge on any atom is 0.226 e. The number of carbonyl (C=O) groups excluding carboxylic acids is 1. The van der Waals surface area contributed by atoms with Crippen LogP contribution in [0.15, 0.2) is 36.9 Å². The van der Waals surface area contributed by atoms with E-state index in [4.69, 9.17) is 9.84 Å².